The maximum Gasteiger partial charge on any atom is 0.229 e. The van der Waals surface area contributed by atoms with Gasteiger partial charge in [-0.1, -0.05) is 74.1 Å². The van der Waals surface area contributed by atoms with Crippen molar-refractivity contribution in [3.8, 4) is 0 Å². The first kappa shape index (κ1) is 29.2. The zero-order chi connectivity index (χ0) is 27.7. The van der Waals surface area contributed by atoms with Gasteiger partial charge < -0.3 is 5.32 Å². The normalized spacial score (nSPS) is 49.3. The number of carbonyl (C=O) groups is 1. The number of nitrogens with one attached hydrogen (secondary N) is 1. The van der Waals surface area contributed by atoms with E-state index in [2.05, 4.69) is 73.0 Å². The fraction of sp³-hybridized carbons (Fsp3) is 0.943. The summed E-state index contributed by atoms with van der Waals surface area (Å²) in [6.07, 6.45) is 15.0. The monoisotopic (exact) mass is 543 g/mol. The van der Waals surface area contributed by atoms with E-state index in [1.807, 2.05) is 0 Å². The van der Waals surface area contributed by atoms with E-state index in [1.54, 1.807) is 0 Å². The second-order valence-electron chi connectivity index (χ2n) is 16.5. The van der Waals surface area contributed by atoms with Crippen LogP contribution in [0.15, 0.2) is 0 Å². The van der Waals surface area contributed by atoms with Gasteiger partial charge in [-0.3, -0.25) is 4.79 Å². The van der Waals surface area contributed by atoms with Gasteiger partial charge in [0, 0.05) is 11.3 Å². The van der Waals surface area contributed by atoms with Crippen LogP contribution in [0.1, 0.15) is 133 Å². The van der Waals surface area contributed by atoms with E-state index in [0.717, 1.165) is 54.9 Å². The van der Waals surface area contributed by atoms with Crippen molar-refractivity contribution >= 4 is 21.8 Å². The summed E-state index contributed by atoms with van der Waals surface area (Å²) in [4.78, 5) is 12.9. The van der Waals surface area contributed by atoms with Crippen LogP contribution in [-0.4, -0.2) is 28.3 Å². The van der Waals surface area contributed by atoms with Gasteiger partial charge in [-0.15, -0.1) is 0 Å². The number of hydrogen-bond acceptors (Lipinski definition) is 1. The van der Waals surface area contributed by atoms with Gasteiger partial charge in [0.15, 0.2) is 0 Å². The number of fused-ring (bicyclic) bond motifs is 7. The minimum atomic E-state index is 0.0651. The molecule has 3 heteroatoms. The molecule has 0 aromatic heterocycles. The third kappa shape index (κ3) is 4.07. The lowest BCUT2D eigenvalue weighted by molar-refractivity contribution is -0.224. The third-order valence-corrected chi connectivity index (χ3v) is 17.3. The molecule has 0 radical (unpaired) electrons. The highest BCUT2D eigenvalue weighted by Crippen LogP contribution is 2.77. The Bertz CT molecular complexity index is 954. The molecule has 4 fully saturated rings. The maximum atomic E-state index is 12.9. The molecule has 2 nitrogen and oxygen atoms in total. The number of rotatable bonds is 6. The van der Waals surface area contributed by atoms with Gasteiger partial charge >= 0.3 is 0 Å². The van der Waals surface area contributed by atoms with Crippen molar-refractivity contribution in [1.29, 1.82) is 0 Å². The van der Waals surface area contributed by atoms with Gasteiger partial charge in [-0.05, 0) is 121 Å². The van der Waals surface area contributed by atoms with E-state index in [1.165, 1.54) is 57.8 Å². The molecule has 1 aliphatic heterocycles. The van der Waals surface area contributed by atoms with E-state index >= 15 is 0 Å². The van der Waals surface area contributed by atoms with Crippen LogP contribution in [0.25, 0.3) is 0 Å². The molecule has 0 saturated heterocycles. The maximum absolute atomic E-state index is 12.9. The molecule has 1 N–H and O–H groups in total. The molecule has 5 aliphatic rings. The molecule has 1 unspecified atom stereocenters. The van der Waals surface area contributed by atoms with E-state index in [4.69, 9.17) is 0 Å². The molecule has 1 amide bonds. The van der Waals surface area contributed by atoms with Gasteiger partial charge in [0.25, 0.3) is 0 Å². The second-order valence-corrected chi connectivity index (χ2v) is 19.0. The van der Waals surface area contributed by atoms with Crippen LogP contribution in [-0.2, 0) is 4.79 Å². The van der Waals surface area contributed by atoms with Crippen molar-refractivity contribution in [3.63, 3.8) is 0 Å². The fourth-order valence-corrected chi connectivity index (χ4v) is 15.0. The smallest absolute Gasteiger partial charge is 0.229 e. The summed E-state index contributed by atoms with van der Waals surface area (Å²) in [5.41, 5.74) is 1.86. The van der Waals surface area contributed by atoms with Crippen molar-refractivity contribution in [2.45, 2.75) is 138 Å². The summed E-state index contributed by atoms with van der Waals surface area (Å²) in [6.45, 7) is 24.1. The highest BCUT2D eigenvalue weighted by molar-refractivity contribution is 8.16. The van der Waals surface area contributed by atoms with Crippen molar-refractivity contribution in [2.75, 3.05) is 12.3 Å². The summed E-state index contributed by atoms with van der Waals surface area (Å²) in [5.74, 6) is 6.20. The minimum Gasteiger partial charge on any atom is -0.355 e. The molecule has 10 atom stereocenters. The highest BCUT2D eigenvalue weighted by atomic mass is 32.2. The average Bonchev–Trinajstić information content (AvgIpc) is 3.19. The lowest BCUT2D eigenvalue weighted by Gasteiger charge is -2.73. The fourth-order valence-electron chi connectivity index (χ4n) is 12.3. The van der Waals surface area contributed by atoms with Crippen molar-refractivity contribution in [2.24, 2.45) is 57.2 Å². The summed E-state index contributed by atoms with van der Waals surface area (Å²) in [7, 11) is 0.0651. The minimum absolute atomic E-state index is 0.0651. The third-order valence-electron chi connectivity index (χ3n) is 14.5. The predicted molar refractivity (Wildman–Crippen MR) is 167 cm³/mol. The Morgan fingerprint density at radius 3 is 2.13 bits per heavy atom. The molecule has 0 aromatic rings. The van der Waals surface area contributed by atoms with Gasteiger partial charge in [0.05, 0.1) is 5.75 Å². The number of carbonyl (C=O) groups excluding carboxylic acids is 1. The van der Waals surface area contributed by atoms with E-state index in [0.29, 0.717) is 27.4 Å². The molecule has 0 aromatic carbocycles. The molecular weight excluding hydrogens is 482 g/mol. The van der Waals surface area contributed by atoms with Crippen molar-refractivity contribution in [1.82, 2.24) is 5.32 Å². The van der Waals surface area contributed by atoms with Crippen LogP contribution in [0.3, 0.4) is 0 Å². The highest BCUT2D eigenvalue weighted by Gasteiger charge is 2.70. The van der Waals surface area contributed by atoms with E-state index in [9.17, 15) is 4.79 Å². The molecule has 0 spiro atoms. The molecule has 4 saturated carbocycles. The van der Waals surface area contributed by atoms with Crippen molar-refractivity contribution < 1.29 is 4.79 Å². The Morgan fingerprint density at radius 1 is 0.868 bits per heavy atom. The Kier molecular flexibility index (Phi) is 7.61. The second kappa shape index (κ2) is 9.90. The van der Waals surface area contributed by atoms with Gasteiger partial charge in [-0.25, -0.2) is 0 Å². The van der Waals surface area contributed by atoms with Gasteiger partial charge in [0.2, 0.25) is 5.91 Å². The largest absolute Gasteiger partial charge is 0.355 e. The molecule has 218 valence electrons. The first-order valence-electron chi connectivity index (χ1n) is 16.6. The molecule has 5 rings (SSSR count). The lowest BCUT2D eigenvalue weighted by atomic mass is 9.33. The number of amides is 1. The molecule has 1 heterocycles. The van der Waals surface area contributed by atoms with E-state index in [-0.39, 0.29) is 21.1 Å². The molecular formula is C35H61NOS. The lowest BCUT2D eigenvalue weighted by Crippen LogP contribution is -2.66. The van der Waals surface area contributed by atoms with Crippen LogP contribution in [0.5, 0.6) is 0 Å². The van der Waals surface area contributed by atoms with Gasteiger partial charge in [0.1, 0.15) is 0 Å². The zero-order valence-corrected chi connectivity index (χ0v) is 27.4. The molecule has 38 heavy (non-hydrogen) atoms. The Balaban J connectivity index is 1.41. The van der Waals surface area contributed by atoms with E-state index < -0.39 is 0 Å². The molecule has 4 aliphatic carbocycles. The molecule has 0 bridgehead atoms. The Hall–Kier alpha value is -0.310. The summed E-state index contributed by atoms with van der Waals surface area (Å²) in [6, 6.07) is 0. The summed E-state index contributed by atoms with van der Waals surface area (Å²) < 4.78 is 0.216. The van der Waals surface area contributed by atoms with Crippen LogP contribution in [0.4, 0.5) is 0 Å². The first-order chi connectivity index (χ1) is 17.8. The summed E-state index contributed by atoms with van der Waals surface area (Å²) >= 11 is 0. The van der Waals surface area contributed by atoms with Crippen molar-refractivity contribution in [3.05, 3.63) is 0 Å². The Morgan fingerprint density at radius 2 is 1.50 bits per heavy atom. The summed E-state index contributed by atoms with van der Waals surface area (Å²) in [5, 5.41) is 5.87. The number of hydrogen-bond donors (Lipinski definition) is 1. The Labute approximate surface area is 238 Å². The van der Waals surface area contributed by atoms with Crippen LogP contribution in [0, 0.1) is 57.2 Å². The quantitative estimate of drug-likeness (QED) is 0.263. The van der Waals surface area contributed by atoms with Crippen LogP contribution in [0.2, 0.25) is 0 Å². The zero-order valence-electron chi connectivity index (χ0n) is 26.6. The van der Waals surface area contributed by atoms with Crippen LogP contribution < -0.4 is 5.32 Å². The van der Waals surface area contributed by atoms with Crippen LogP contribution >= 0.6 is 10.5 Å². The topological polar surface area (TPSA) is 29.1 Å². The standard InChI is InChI=1S/C35H61NOS/c1-10-11-21-36-30(37)23-38-22-20-33(7)27(31(38,4)5)16-19-35(9)29(33)13-12-28-32(6)17-14-25(24(2)3)26(32)15-18-34(28,35)8/h22,24-29H,10-21,23H2,1-9H3,(H,36,37)/t25-,26+,27-,28-,29-,32+,33+,34-,35-,38?/m1/s1. The SMILES string of the molecule is CCCCNC(=O)CS1=CC[C@@]2(C)[C@H](CC[C@]3(C)[C@@H]2CC[C@@H]2[C@@]4(C)CC[C@H](C(C)C)[C@@H]4CC[C@]23C)C1(C)C. The van der Waals surface area contributed by atoms with Gasteiger partial charge in [-0.2, -0.15) is 10.5 Å². The number of unbranched alkanes of at least 4 members (excludes halogenated alkanes) is 1. The predicted octanol–water partition coefficient (Wildman–Crippen LogP) is 9.09. The first-order valence-corrected chi connectivity index (χ1v) is 18.0. The average molecular weight is 544 g/mol.